The van der Waals surface area contributed by atoms with Crippen LogP contribution in [0.3, 0.4) is 0 Å². The highest BCUT2D eigenvalue weighted by atomic mass is 127. The SMILES string of the molecule is CCNC(=NCc1ccc(OC)c(OC)c1)NCC1CCCN1CCOC.I. The Labute approximate surface area is 186 Å². The number of rotatable bonds is 10. The average Bonchev–Trinajstić information content (AvgIpc) is 3.15. The number of methoxy groups -OCH3 is 3. The summed E-state index contributed by atoms with van der Waals surface area (Å²) in [7, 11) is 5.04. The number of guanidine groups is 1. The van der Waals surface area contributed by atoms with Gasteiger partial charge >= 0.3 is 0 Å². The predicted octanol–water partition coefficient (Wildman–Crippen LogP) is 2.49. The zero-order chi connectivity index (χ0) is 19.5. The van der Waals surface area contributed by atoms with Crippen molar-refractivity contribution in [2.45, 2.75) is 32.4 Å². The Bertz CT molecular complexity index is 601. The second-order valence-corrected chi connectivity index (χ2v) is 6.59. The van der Waals surface area contributed by atoms with Crippen LogP contribution in [0.1, 0.15) is 25.3 Å². The fourth-order valence-electron chi connectivity index (χ4n) is 3.33. The van der Waals surface area contributed by atoms with Crippen molar-refractivity contribution < 1.29 is 14.2 Å². The minimum atomic E-state index is 0. The van der Waals surface area contributed by atoms with Crippen LogP contribution in [-0.2, 0) is 11.3 Å². The molecule has 1 atom stereocenters. The summed E-state index contributed by atoms with van der Waals surface area (Å²) >= 11 is 0. The van der Waals surface area contributed by atoms with E-state index in [-0.39, 0.29) is 24.0 Å². The lowest BCUT2D eigenvalue weighted by Gasteiger charge is -2.25. The third-order valence-electron chi connectivity index (χ3n) is 4.80. The molecule has 2 N–H and O–H groups in total. The molecule has 1 saturated heterocycles. The molecule has 1 aromatic rings. The lowest BCUT2D eigenvalue weighted by atomic mass is 10.2. The largest absolute Gasteiger partial charge is 0.493 e. The maximum atomic E-state index is 5.37. The van der Waals surface area contributed by atoms with E-state index >= 15 is 0 Å². The molecule has 28 heavy (non-hydrogen) atoms. The van der Waals surface area contributed by atoms with Gasteiger partial charge in [0, 0.05) is 32.8 Å². The van der Waals surface area contributed by atoms with E-state index in [9.17, 15) is 0 Å². The molecule has 1 fully saturated rings. The zero-order valence-electron chi connectivity index (χ0n) is 17.5. The van der Waals surface area contributed by atoms with Crippen LogP contribution >= 0.6 is 24.0 Å². The van der Waals surface area contributed by atoms with E-state index in [0.29, 0.717) is 12.6 Å². The standard InChI is InChI=1S/C20H34N4O3.HI/c1-5-21-20(23-15-17-7-6-10-24(17)11-12-25-2)22-14-16-8-9-18(26-3)19(13-16)27-4;/h8-9,13,17H,5-7,10-12,14-15H2,1-4H3,(H2,21,22,23);1H. The first-order chi connectivity index (χ1) is 13.2. The Morgan fingerprint density at radius 2 is 1.96 bits per heavy atom. The maximum absolute atomic E-state index is 5.37. The molecule has 1 aromatic carbocycles. The average molecular weight is 506 g/mol. The minimum Gasteiger partial charge on any atom is -0.493 e. The third-order valence-corrected chi connectivity index (χ3v) is 4.80. The Morgan fingerprint density at radius 1 is 1.18 bits per heavy atom. The van der Waals surface area contributed by atoms with E-state index in [4.69, 9.17) is 19.2 Å². The summed E-state index contributed by atoms with van der Waals surface area (Å²) in [6.07, 6.45) is 2.46. The van der Waals surface area contributed by atoms with Gasteiger partial charge < -0.3 is 24.8 Å². The van der Waals surface area contributed by atoms with Crippen molar-refractivity contribution in [3.05, 3.63) is 23.8 Å². The van der Waals surface area contributed by atoms with Gasteiger partial charge in [-0.15, -0.1) is 24.0 Å². The van der Waals surface area contributed by atoms with Gasteiger partial charge in [-0.05, 0) is 44.0 Å². The zero-order valence-corrected chi connectivity index (χ0v) is 19.8. The first-order valence-electron chi connectivity index (χ1n) is 9.67. The third kappa shape index (κ3) is 7.63. The van der Waals surface area contributed by atoms with Crippen LogP contribution in [0, 0.1) is 0 Å². The molecule has 1 aliphatic rings. The van der Waals surface area contributed by atoms with Gasteiger partial charge in [-0.25, -0.2) is 4.99 Å². The molecule has 0 amide bonds. The first kappa shape index (κ1) is 24.8. The van der Waals surface area contributed by atoms with E-state index in [1.807, 2.05) is 18.2 Å². The maximum Gasteiger partial charge on any atom is 0.191 e. The monoisotopic (exact) mass is 506 g/mol. The van der Waals surface area contributed by atoms with Crippen LogP contribution in [0.4, 0.5) is 0 Å². The minimum absolute atomic E-state index is 0. The number of halogens is 1. The second-order valence-electron chi connectivity index (χ2n) is 6.59. The summed E-state index contributed by atoms with van der Waals surface area (Å²) < 4.78 is 15.9. The molecule has 0 saturated carbocycles. The number of benzene rings is 1. The molecule has 1 unspecified atom stereocenters. The quantitative estimate of drug-likeness (QED) is 0.289. The smallest absolute Gasteiger partial charge is 0.191 e. The second kappa shape index (κ2) is 13.8. The molecule has 7 nitrogen and oxygen atoms in total. The van der Waals surface area contributed by atoms with E-state index in [1.165, 1.54) is 12.8 Å². The van der Waals surface area contributed by atoms with Gasteiger partial charge in [-0.2, -0.15) is 0 Å². The van der Waals surface area contributed by atoms with Crippen molar-refractivity contribution in [3.63, 3.8) is 0 Å². The van der Waals surface area contributed by atoms with Crippen molar-refractivity contribution in [2.75, 3.05) is 54.1 Å². The van der Waals surface area contributed by atoms with Crippen LogP contribution in [0.25, 0.3) is 0 Å². The normalized spacial score (nSPS) is 17.1. The summed E-state index contributed by atoms with van der Waals surface area (Å²) in [5.74, 6) is 2.29. The van der Waals surface area contributed by atoms with Crippen molar-refractivity contribution in [1.82, 2.24) is 15.5 Å². The van der Waals surface area contributed by atoms with Crippen LogP contribution in [-0.4, -0.2) is 71.0 Å². The Kier molecular flexibility index (Phi) is 12.2. The molecular formula is C20H35IN4O3. The van der Waals surface area contributed by atoms with Gasteiger partial charge in [0.15, 0.2) is 17.5 Å². The lowest BCUT2D eigenvalue weighted by Crippen LogP contribution is -2.45. The van der Waals surface area contributed by atoms with Gasteiger partial charge in [-0.1, -0.05) is 6.07 Å². The van der Waals surface area contributed by atoms with E-state index < -0.39 is 0 Å². The summed E-state index contributed by atoms with van der Waals surface area (Å²) in [5, 5.41) is 6.82. The van der Waals surface area contributed by atoms with E-state index in [2.05, 4.69) is 22.5 Å². The Balaban J connectivity index is 0.00000392. The van der Waals surface area contributed by atoms with Gasteiger partial charge in [-0.3, -0.25) is 4.90 Å². The molecule has 0 bridgehead atoms. The van der Waals surface area contributed by atoms with Gasteiger partial charge in [0.1, 0.15) is 0 Å². The molecule has 1 heterocycles. The van der Waals surface area contributed by atoms with Crippen molar-refractivity contribution in [3.8, 4) is 11.5 Å². The highest BCUT2D eigenvalue weighted by Crippen LogP contribution is 2.27. The number of hydrogen-bond donors (Lipinski definition) is 2. The predicted molar refractivity (Wildman–Crippen MR) is 124 cm³/mol. The molecule has 2 rings (SSSR count). The molecule has 0 aliphatic carbocycles. The van der Waals surface area contributed by atoms with Crippen LogP contribution in [0.15, 0.2) is 23.2 Å². The van der Waals surface area contributed by atoms with Crippen LogP contribution < -0.4 is 20.1 Å². The summed E-state index contributed by atoms with van der Waals surface area (Å²) in [4.78, 5) is 7.21. The topological polar surface area (TPSA) is 67.4 Å². The van der Waals surface area contributed by atoms with E-state index in [1.54, 1.807) is 21.3 Å². The number of likely N-dealkylation sites (tertiary alicyclic amines) is 1. The van der Waals surface area contributed by atoms with Crippen LogP contribution in [0.2, 0.25) is 0 Å². The molecule has 8 heteroatoms. The van der Waals surface area contributed by atoms with Crippen molar-refractivity contribution in [2.24, 2.45) is 4.99 Å². The first-order valence-corrected chi connectivity index (χ1v) is 9.67. The summed E-state index contributed by atoms with van der Waals surface area (Å²) in [5.41, 5.74) is 1.08. The number of ether oxygens (including phenoxy) is 3. The number of hydrogen-bond acceptors (Lipinski definition) is 5. The number of aliphatic imine (C=N–C) groups is 1. The fourth-order valence-corrected chi connectivity index (χ4v) is 3.33. The molecule has 0 aromatic heterocycles. The van der Waals surface area contributed by atoms with Crippen LogP contribution in [0.5, 0.6) is 11.5 Å². The molecular weight excluding hydrogens is 471 g/mol. The highest BCUT2D eigenvalue weighted by Gasteiger charge is 2.23. The van der Waals surface area contributed by atoms with Gasteiger partial charge in [0.05, 0.1) is 27.4 Å². The highest BCUT2D eigenvalue weighted by molar-refractivity contribution is 14.0. The summed E-state index contributed by atoms with van der Waals surface area (Å²) in [6.45, 7) is 7.29. The van der Waals surface area contributed by atoms with Crippen molar-refractivity contribution in [1.29, 1.82) is 0 Å². The number of nitrogens with zero attached hydrogens (tertiary/aromatic N) is 2. The fraction of sp³-hybridized carbons (Fsp3) is 0.650. The van der Waals surface area contributed by atoms with E-state index in [0.717, 1.165) is 55.8 Å². The Hall–Kier alpha value is -1.26. The molecule has 160 valence electrons. The number of nitrogens with one attached hydrogen (secondary N) is 2. The lowest BCUT2D eigenvalue weighted by molar-refractivity contribution is 0.141. The molecule has 0 spiro atoms. The molecule has 0 radical (unpaired) electrons. The van der Waals surface area contributed by atoms with Crippen molar-refractivity contribution >= 4 is 29.9 Å². The van der Waals surface area contributed by atoms with Gasteiger partial charge in [0.2, 0.25) is 0 Å². The van der Waals surface area contributed by atoms with Gasteiger partial charge in [0.25, 0.3) is 0 Å². The Morgan fingerprint density at radius 3 is 2.64 bits per heavy atom. The summed E-state index contributed by atoms with van der Waals surface area (Å²) in [6, 6.07) is 6.42. The molecule has 1 aliphatic heterocycles.